The Morgan fingerprint density at radius 2 is 2.14 bits per heavy atom. The molecule has 80 valence electrons. The summed E-state index contributed by atoms with van der Waals surface area (Å²) in [6, 6.07) is 0. The Bertz CT molecular complexity index is 253. The number of hydrogen-bond acceptors (Lipinski definition) is 3. The number of nitrogens with zero attached hydrogens (tertiary/aromatic N) is 1. The lowest BCUT2D eigenvalue weighted by Gasteiger charge is -2.49. The maximum absolute atomic E-state index is 11.0. The minimum absolute atomic E-state index is 0. The molecule has 0 aliphatic carbocycles. The van der Waals surface area contributed by atoms with Crippen LogP contribution in [-0.2, 0) is 4.74 Å². The fraction of sp³-hybridized carbons (Fsp3) is 0.889. The largest absolute Gasteiger partial charge is 0.439 e. The molecule has 4 saturated heterocycles. The molecule has 1 N–H and O–H groups in total. The van der Waals surface area contributed by atoms with Crippen molar-refractivity contribution < 1.29 is 9.53 Å². The summed E-state index contributed by atoms with van der Waals surface area (Å²) < 4.78 is 5.43. The number of alkyl carbamates (subject to hydrolysis) is 1. The highest BCUT2D eigenvalue weighted by molar-refractivity contribution is 5.85. The van der Waals surface area contributed by atoms with E-state index in [4.69, 9.17) is 4.74 Å². The fourth-order valence-electron chi connectivity index (χ4n) is 2.92. The van der Waals surface area contributed by atoms with Crippen LogP contribution >= 0.6 is 12.4 Å². The van der Waals surface area contributed by atoms with Crippen LogP contribution in [-0.4, -0.2) is 42.8 Å². The molecule has 2 bridgehead atoms. The highest BCUT2D eigenvalue weighted by Crippen LogP contribution is 2.39. The zero-order chi connectivity index (χ0) is 8.89. The maximum atomic E-state index is 11.0. The number of carbonyl (C=O) groups excluding carboxylic acids is 1. The van der Waals surface area contributed by atoms with Gasteiger partial charge in [0.1, 0.15) is 5.60 Å². The van der Waals surface area contributed by atoms with E-state index in [1.54, 1.807) is 0 Å². The van der Waals surface area contributed by atoms with Gasteiger partial charge in [-0.15, -0.1) is 12.4 Å². The molecular formula is C9H15ClN2O2. The van der Waals surface area contributed by atoms with Crippen LogP contribution in [0.3, 0.4) is 0 Å². The summed E-state index contributed by atoms with van der Waals surface area (Å²) in [4.78, 5) is 13.4. The molecule has 1 amide bonds. The van der Waals surface area contributed by atoms with Gasteiger partial charge in [0.05, 0.1) is 6.54 Å². The van der Waals surface area contributed by atoms with Gasteiger partial charge in [-0.05, 0) is 25.9 Å². The van der Waals surface area contributed by atoms with Gasteiger partial charge in [-0.3, -0.25) is 4.90 Å². The first-order valence-corrected chi connectivity index (χ1v) is 4.98. The third kappa shape index (κ3) is 1.28. The molecule has 4 nitrogen and oxygen atoms in total. The summed E-state index contributed by atoms with van der Waals surface area (Å²) in [7, 11) is 0. The first kappa shape index (κ1) is 10.1. The molecule has 1 atom stereocenters. The standard InChI is InChI=1S/C9H14N2O2.ClH/c12-8-10-5-9(13-8)6-11-3-1-7(9)2-4-11;/h7H,1-6H2,(H,10,12);1H/t9-;/m0./s1. The zero-order valence-electron chi connectivity index (χ0n) is 7.99. The maximum Gasteiger partial charge on any atom is 0.407 e. The first-order valence-electron chi connectivity index (χ1n) is 4.98. The minimum Gasteiger partial charge on any atom is -0.439 e. The Morgan fingerprint density at radius 3 is 2.57 bits per heavy atom. The number of ether oxygens (including phenoxy) is 1. The van der Waals surface area contributed by atoms with E-state index >= 15 is 0 Å². The molecule has 0 unspecified atom stereocenters. The smallest absolute Gasteiger partial charge is 0.407 e. The van der Waals surface area contributed by atoms with Crippen LogP contribution in [0.5, 0.6) is 0 Å². The van der Waals surface area contributed by atoms with Crippen molar-refractivity contribution in [1.29, 1.82) is 0 Å². The summed E-state index contributed by atoms with van der Waals surface area (Å²) >= 11 is 0. The Morgan fingerprint density at radius 1 is 1.43 bits per heavy atom. The van der Waals surface area contributed by atoms with Crippen LogP contribution in [0.2, 0.25) is 0 Å². The zero-order valence-corrected chi connectivity index (χ0v) is 8.81. The van der Waals surface area contributed by atoms with E-state index in [1.165, 1.54) is 25.9 Å². The van der Waals surface area contributed by atoms with Gasteiger partial charge in [-0.2, -0.15) is 0 Å². The van der Waals surface area contributed by atoms with Crippen LogP contribution in [0.4, 0.5) is 4.79 Å². The molecule has 4 rings (SSSR count). The van der Waals surface area contributed by atoms with Gasteiger partial charge in [0.25, 0.3) is 0 Å². The molecule has 4 heterocycles. The van der Waals surface area contributed by atoms with Crippen LogP contribution in [0.1, 0.15) is 12.8 Å². The SMILES string of the molecule is Cl.O=C1NC[C@@]2(CN3CCC2CC3)O1. The first-order chi connectivity index (χ1) is 6.28. The van der Waals surface area contributed by atoms with Crippen LogP contribution < -0.4 is 5.32 Å². The van der Waals surface area contributed by atoms with Crippen molar-refractivity contribution >= 4 is 18.5 Å². The Balaban J connectivity index is 0.000000750. The highest BCUT2D eigenvalue weighted by Gasteiger charge is 2.52. The predicted molar refractivity (Wildman–Crippen MR) is 53.6 cm³/mol. The van der Waals surface area contributed by atoms with E-state index < -0.39 is 0 Å². The van der Waals surface area contributed by atoms with E-state index in [2.05, 4.69) is 10.2 Å². The number of rotatable bonds is 0. The third-order valence-electron chi connectivity index (χ3n) is 3.65. The third-order valence-corrected chi connectivity index (χ3v) is 3.65. The molecule has 4 aliphatic heterocycles. The quantitative estimate of drug-likeness (QED) is 0.648. The van der Waals surface area contributed by atoms with Gasteiger partial charge < -0.3 is 10.1 Å². The molecular weight excluding hydrogens is 204 g/mol. The van der Waals surface area contributed by atoms with Gasteiger partial charge in [0, 0.05) is 12.5 Å². The number of amides is 1. The lowest BCUT2D eigenvalue weighted by Crippen LogP contribution is -2.60. The molecule has 0 saturated carbocycles. The van der Waals surface area contributed by atoms with Gasteiger partial charge in [-0.1, -0.05) is 0 Å². The Kier molecular flexibility index (Phi) is 2.35. The average molecular weight is 219 g/mol. The van der Waals surface area contributed by atoms with E-state index in [0.717, 1.165) is 6.54 Å². The molecule has 4 aliphatic rings. The van der Waals surface area contributed by atoms with E-state index in [-0.39, 0.29) is 24.1 Å². The number of nitrogens with one attached hydrogen (secondary N) is 1. The minimum atomic E-state index is -0.228. The lowest BCUT2D eigenvalue weighted by molar-refractivity contribution is -0.0883. The lowest BCUT2D eigenvalue weighted by atomic mass is 9.75. The van der Waals surface area contributed by atoms with Crippen LogP contribution in [0.15, 0.2) is 0 Å². The number of hydrogen-bond donors (Lipinski definition) is 1. The number of fused-ring (bicyclic) bond motifs is 2. The molecule has 0 radical (unpaired) electrons. The Labute approximate surface area is 89.4 Å². The second-order valence-electron chi connectivity index (χ2n) is 4.36. The van der Waals surface area contributed by atoms with Crippen molar-refractivity contribution in [2.45, 2.75) is 18.4 Å². The van der Waals surface area contributed by atoms with Crippen molar-refractivity contribution in [2.24, 2.45) is 5.92 Å². The van der Waals surface area contributed by atoms with E-state index in [9.17, 15) is 4.79 Å². The second-order valence-corrected chi connectivity index (χ2v) is 4.36. The van der Waals surface area contributed by atoms with Crippen molar-refractivity contribution in [1.82, 2.24) is 10.2 Å². The van der Waals surface area contributed by atoms with Crippen molar-refractivity contribution in [3.8, 4) is 0 Å². The summed E-state index contributed by atoms with van der Waals surface area (Å²) in [5.74, 6) is 0.594. The highest BCUT2D eigenvalue weighted by atomic mass is 35.5. The number of halogens is 1. The topological polar surface area (TPSA) is 41.6 Å². The van der Waals surface area contributed by atoms with Crippen molar-refractivity contribution in [2.75, 3.05) is 26.2 Å². The predicted octanol–water partition coefficient (Wildman–Crippen LogP) is 0.612. The molecule has 14 heavy (non-hydrogen) atoms. The fourth-order valence-corrected chi connectivity index (χ4v) is 2.92. The van der Waals surface area contributed by atoms with E-state index in [0.29, 0.717) is 12.5 Å². The second kappa shape index (κ2) is 3.28. The number of carbonyl (C=O) groups is 1. The van der Waals surface area contributed by atoms with E-state index in [1.807, 2.05) is 0 Å². The van der Waals surface area contributed by atoms with Crippen molar-refractivity contribution in [3.05, 3.63) is 0 Å². The molecule has 0 aromatic carbocycles. The molecule has 5 heteroatoms. The Hall–Kier alpha value is -0.480. The summed E-state index contributed by atoms with van der Waals surface area (Å²) in [5, 5.41) is 2.78. The normalized spacial score (nSPS) is 44.4. The summed E-state index contributed by atoms with van der Waals surface area (Å²) in [6.07, 6.45) is 2.15. The number of piperidine rings is 3. The van der Waals surface area contributed by atoms with Gasteiger partial charge >= 0.3 is 6.09 Å². The van der Waals surface area contributed by atoms with Gasteiger partial charge in [0.2, 0.25) is 0 Å². The van der Waals surface area contributed by atoms with Crippen LogP contribution in [0, 0.1) is 5.92 Å². The monoisotopic (exact) mass is 218 g/mol. The molecule has 0 aromatic rings. The van der Waals surface area contributed by atoms with Gasteiger partial charge in [-0.25, -0.2) is 4.79 Å². The molecule has 1 spiro atoms. The van der Waals surface area contributed by atoms with Crippen molar-refractivity contribution in [3.63, 3.8) is 0 Å². The summed E-state index contributed by atoms with van der Waals surface area (Å²) in [6.45, 7) is 4.03. The van der Waals surface area contributed by atoms with Gasteiger partial charge in [0.15, 0.2) is 0 Å². The summed E-state index contributed by atoms with van der Waals surface area (Å²) in [5.41, 5.74) is -0.173. The van der Waals surface area contributed by atoms with Crippen LogP contribution in [0.25, 0.3) is 0 Å². The molecule has 0 aromatic heterocycles. The molecule has 4 fully saturated rings. The average Bonchev–Trinajstić information content (AvgIpc) is 2.49.